The first-order chi connectivity index (χ1) is 7.37. The van der Waals surface area contributed by atoms with Gasteiger partial charge in [0.15, 0.2) is 0 Å². The number of benzene rings is 1. The quantitative estimate of drug-likeness (QED) is 0.844. The lowest BCUT2D eigenvalue weighted by atomic mass is 10.0. The van der Waals surface area contributed by atoms with E-state index in [0.717, 1.165) is 5.75 Å². The average molecular weight is 221 g/mol. The van der Waals surface area contributed by atoms with E-state index in [-0.39, 0.29) is 5.54 Å². The van der Waals surface area contributed by atoms with Crippen LogP contribution in [0.25, 0.3) is 0 Å². The van der Waals surface area contributed by atoms with E-state index in [2.05, 4.69) is 52.1 Å². The van der Waals surface area contributed by atoms with Crippen LogP contribution < -0.4 is 10.1 Å². The summed E-state index contributed by atoms with van der Waals surface area (Å²) in [6, 6.07) is 4.25. The maximum Gasteiger partial charge on any atom is 0.125 e. The van der Waals surface area contributed by atoms with Gasteiger partial charge in [0.1, 0.15) is 12.4 Å². The maximum absolute atomic E-state index is 5.94. The summed E-state index contributed by atoms with van der Waals surface area (Å²) in [5, 5.41) is 3.24. The predicted octanol–water partition coefficient (Wildman–Crippen LogP) is 2.99. The summed E-state index contributed by atoms with van der Waals surface area (Å²) >= 11 is 0. The molecule has 90 valence electrons. The van der Waals surface area contributed by atoms with Crippen molar-refractivity contribution in [3.05, 3.63) is 28.8 Å². The zero-order valence-electron chi connectivity index (χ0n) is 11.3. The van der Waals surface area contributed by atoms with Gasteiger partial charge in [-0.25, -0.2) is 0 Å². The molecular formula is C14H23NO. The third-order valence-electron chi connectivity index (χ3n) is 3.13. The molecule has 0 aliphatic carbocycles. The Bertz CT molecular complexity index is 369. The lowest BCUT2D eigenvalue weighted by molar-refractivity contribution is 0.215. The molecule has 0 atom stereocenters. The van der Waals surface area contributed by atoms with Crippen molar-refractivity contribution in [3.8, 4) is 5.75 Å². The largest absolute Gasteiger partial charge is 0.491 e. The molecule has 1 N–H and O–H groups in total. The van der Waals surface area contributed by atoms with E-state index in [4.69, 9.17) is 4.74 Å². The standard InChI is InChI=1S/C14H23NO/c1-10-7-8-11(2)13(12(10)3)16-9-14(4,5)15-6/h7-8,15H,9H2,1-6H3. The van der Waals surface area contributed by atoms with Gasteiger partial charge in [0.25, 0.3) is 0 Å². The van der Waals surface area contributed by atoms with Crippen molar-refractivity contribution in [1.82, 2.24) is 5.32 Å². The first-order valence-corrected chi connectivity index (χ1v) is 5.76. The smallest absolute Gasteiger partial charge is 0.125 e. The van der Waals surface area contributed by atoms with E-state index in [1.54, 1.807) is 0 Å². The van der Waals surface area contributed by atoms with Gasteiger partial charge in [-0.15, -0.1) is 0 Å². The first-order valence-electron chi connectivity index (χ1n) is 5.76. The number of rotatable bonds is 4. The van der Waals surface area contributed by atoms with Crippen molar-refractivity contribution in [3.63, 3.8) is 0 Å². The Morgan fingerprint density at radius 2 is 1.69 bits per heavy atom. The minimum Gasteiger partial charge on any atom is -0.491 e. The Hall–Kier alpha value is -1.02. The first kappa shape index (κ1) is 13.0. The van der Waals surface area contributed by atoms with Gasteiger partial charge in [-0.1, -0.05) is 12.1 Å². The van der Waals surface area contributed by atoms with Gasteiger partial charge in [-0.05, 0) is 58.4 Å². The second-order valence-electron chi connectivity index (χ2n) is 5.08. The van der Waals surface area contributed by atoms with Gasteiger partial charge in [-0.3, -0.25) is 0 Å². The average Bonchev–Trinajstić information content (AvgIpc) is 2.24. The van der Waals surface area contributed by atoms with Gasteiger partial charge in [0.2, 0.25) is 0 Å². The van der Waals surface area contributed by atoms with Crippen molar-refractivity contribution in [2.24, 2.45) is 0 Å². The molecule has 0 radical (unpaired) electrons. The van der Waals surface area contributed by atoms with E-state index in [1.807, 2.05) is 7.05 Å². The summed E-state index contributed by atoms with van der Waals surface area (Å²) in [4.78, 5) is 0. The highest BCUT2D eigenvalue weighted by Gasteiger charge is 2.17. The van der Waals surface area contributed by atoms with Gasteiger partial charge < -0.3 is 10.1 Å². The molecule has 0 aromatic heterocycles. The number of hydrogen-bond acceptors (Lipinski definition) is 2. The van der Waals surface area contributed by atoms with Crippen LogP contribution in [0.1, 0.15) is 30.5 Å². The maximum atomic E-state index is 5.94. The molecule has 0 spiro atoms. The number of hydrogen-bond donors (Lipinski definition) is 1. The molecule has 0 unspecified atom stereocenters. The van der Waals surface area contributed by atoms with Crippen LogP contribution in [-0.2, 0) is 0 Å². The van der Waals surface area contributed by atoms with Crippen molar-refractivity contribution < 1.29 is 4.74 Å². The summed E-state index contributed by atoms with van der Waals surface area (Å²) in [7, 11) is 1.96. The second kappa shape index (κ2) is 4.88. The predicted molar refractivity (Wildman–Crippen MR) is 69.3 cm³/mol. The minimum absolute atomic E-state index is 0.00261. The zero-order valence-corrected chi connectivity index (χ0v) is 11.3. The zero-order chi connectivity index (χ0) is 12.3. The van der Waals surface area contributed by atoms with Gasteiger partial charge >= 0.3 is 0 Å². The Kier molecular flexibility index (Phi) is 3.98. The summed E-state index contributed by atoms with van der Waals surface area (Å²) in [6.45, 7) is 11.3. The van der Waals surface area contributed by atoms with E-state index in [0.29, 0.717) is 6.61 Å². The molecule has 1 aromatic carbocycles. The van der Waals surface area contributed by atoms with Crippen LogP contribution in [0.15, 0.2) is 12.1 Å². The molecule has 0 fully saturated rings. The van der Waals surface area contributed by atoms with E-state index >= 15 is 0 Å². The third-order valence-corrected chi connectivity index (χ3v) is 3.13. The second-order valence-corrected chi connectivity index (χ2v) is 5.08. The highest BCUT2D eigenvalue weighted by molar-refractivity contribution is 5.44. The number of aryl methyl sites for hydroxylation is 2. The van der Waals surface area contributed by atoms with Crippen LogP contribution in [0.4, 0.5) is 0 Å². The monoisotopic (exact) mass is 221 g/mol. The van der Waals surface area contributed by atoms with Crippen LogP contribution in [0.2, 0.25) is 0 Å². The van der Waals surface area contributed by atoms with Crippen molar-refractivity contribution in [1.29, 1.82) is 0 Å². The SMILES string of the molecule is CNC(C)(C)COc1c(C)ccc(C)c1C. The molecule has 0 saturated carbocycles. The van der Waals surface area contributed by atoms with Crippen LogP contribution >= 0.6 is 0 Å². The van der Waals surface area contributed by atoms with Crippen molar-refractivity contribution >= 4 is 0 Å². The Morgan fingerprint density at radius 1 is 1.12 bits per heavy atom. The van der Waals surface area contributed by atoms with E-state index in [9.17, 15) is 0 Å². The summed E-state index contributed by atoms with van der Waals surface area (Å²) in [5.74, 6) is 1.03. The number of ether oxygens (including phenoxy) is 1. The third kappa shape index (κ3) is 2.99. The van der Waals surface area contributed by atoms with Gasteiger partial charge in [0.05, 0.1) is 0 Å². The normalized spacial score (nSPS) is 11.6. The highest BCUT2D eigenvalue weighted by atomic mass is 16.5. The number of likely N-dealkylation sites (N-methyl/N-ethyl adjacent to an activating group) is 1. The summed E-state index contributed by atoms with van der Waals surface area (Å²) in [5.41, 5.74) is 3.73. The van der Waals surface area contributed by atoms with E-state index in [1.165, 1.54) is 16.7 Å². The molecule has 1 rings (SSSR count). The molecule has 0 amide bonds. The molecule has 0 aliphatic rings. The molecule has 16 heavy (non-hydrogen) atoms. The molecular weight excluding hydrogens is 198 g/mol. The highest BCUT2D eigenvalue weighted by Crippen LogP contribution is 2.26. The molecule has 0 saturated heterocycles. The topological polar surface area (TPSA) is 21.3 Å². The van der Waals surface area contributed by atoms with Crippen LogP contribution in [-0.4, -0.2) is 19.2 Å². The van der Waals surface area contributed by atoms with Crippen LogP contribution in [0.5, 0.6) is 5.75 Å². The van der Waals surface area contributed by atoms with Crippen LogP contribution in [0.3, 0.4) is 0 Å². The van der Waals surface area contributed by atoms with Crippen molar-refractivity contribution in [2.45, 2.75) is 40.2 Å². The molecule has 2 heteroatoms. The molecule has 0 heterocycles. The van der Waals surface area contributed by atoms with Crippen molar-refractivity contribution in [2.75, 3.05) is 13.7 Å². The fourth-order valence-corrected chi connectivity index (χ4v) is 1.47. The van der Waals surface area contributed by atoms with E-state index < -0.39 is 0 Å². The Labute approximate surface area is 99.0 Å². The van der Waals surface area contributed by atoms with Crippen LogP contribution in [0, 0.1) is 20.8 Å². The Balaban J connectivity index is 2.86. The summed E-state index contributed by atoms with van der Waals surface area (Å²) in [6.07, 6.45) is 0. The fourth-order valence-electron chi connectivity index (χ4n) is 1.47. The summed E-state index contributed by atoms with van der Waals surface area (Å²) < 4.78 is 5.94. The molecule has 2 nitrogen and oxygen atoms in total. The lowest BCUT2D eigenvalue weighted by Crippen LogP contribution is -2.42. The molecule has 1 aromatic rings. The molecule has 0 aliphatic heterocycles. The molecule has 0 bridgehead atoms. The van der Waals surface area contributed by atoms with Gasteiger partial charge in [-0.2, -0.15) is 0 Å². The lowest BCUT2D eigenvalue weighted by Gasteiger charge is -2.25. The fraction of sp³-hybridized carbons (Fsp3) is 0.571. The Morgan fingerprint density at radius 3 is 2.25 bits per heavy atom. The number of nitrogens with one attached hydrogen (secondary N) is 1. The van der Waals surface area contributed by atoms with Gasteiger partial charge in [0, 0.05) is 5.54 Å². The minimum atomic E-state index is 0.00261.